The molecule has 3 nitrogen and oxygen atoms in total. The summed E-state index contributed by atoms with van der Waals surface area (Å²) in [6.07, 6.45) is 2.06. The Morgan fingerprint density at radius 3 is 2.47 bits per heavy atom. The average molecular weight is 213 g/mol. The maximum Gasteiger partial charge on any atom is 0.0754 e. The van der Waals surface area contributed by atoms with Gasteiger partial charge in [0.15, 0.2) is 0 Å². The fraction of sp³-hybridized carbons (Fsp3) is 1.00. The number of rotatable bonds is 3. The Hall–Kier alpha value is -0.120. The summed E-state index contributed by atoms with van der Waals surface area (Å²) < 4.78 is 0. The highest BCUT2D eigenvalue weighted by molar-refractivity contribution is 5.16. The summed E-state index contributed by atoms with van der Waals surface area (Å²) in [5.41, 5.74) is 0.254. The molecule has 2 aliphatic carbocycles. The third-order valence-electron chi connectivity index (χ3n) is 5.29. The molecule has 2 fully saturated rings. The van der Waals surface area contributed by atoms with Crippen LogP contribution in [-0.4, -0.2) is 35.5 Å². The summed E-state index contributed by atoms with van der Waals surface area (Å²) in [7, 11) is 0. The van der Waals surface area contributed by atoms with Crippen LogP contribution in [0.2, 0.25) is 0 Å². The fourth-order valence-corrected chi connectivity index (χ4v) is 3.82. The molecule has 2 aliphatic rings. The van der Waals surface area contributed by atoms with E-state index in [0.717, 1.165) is 6.42 Å². The van der Waals surface area contributed by atoms with Crippen LogP contribution in [0.25, 0.3) is 0 Å². The molecule has 2 rings (SSSR count). The van der Waals surface area contributed by atoms with Gasteiger partial charge in [-0.15, -0.1) is 0 Å². The van der Waals surface area contributed by atoms with E-state index in [0.29, 0.717) is 12.5 Å². The maximum atomic E-state index is 10.4. The average Bonchev–Trinajstić information content (AvgIpc) is 2.48. The predicted molar refractivity (Wildman–Crippen MR) is 59.5 cm³/mol. The predicted octanol–water partition coefficient (Wildman–Crippen LogP) is 0.754. The van der Waals surface area contributed by atoms with E-state index in [4.69, 9.17) is 5.11 Å². The molecule has 0 aliphatic heterocycles. The molecule has 0 heterocycles. The van der Waals surface area contributed by atoms with E-state index in [9.17, 15) is 5.11 Å². The standard InChI is InChI=1S/C12H23NO2/c1-11(2)8-4-5-12(11,3)10(15)9(8)13-6-7-14/h8-10,13-15H,4-7H2,1-3H3/t8-,9+,10+,12+/m0/s1. The minimum atomic E-state index is -0.266. The lowest BCUT2D eigenvalue weighted by atomic mass is 9.70. The number of nitrogens with one attached hydrogen (secondary N) is 1. The SMILES string of the molecule is CC1(C)[C@H]2CC[C@]1(C)[C@H](O)[C@@H]2NCCO. The van der Waals surface area contributed by atoms with Crippen molar-refractivity contribution in [2.45, 2.75) is 45.8 Å². The van der Waals surface area contributed by atoms with Gasteiger partial charge in [0.05, 0.1) is 12.7 Å². The maximum absolute atomic E-state index is 10.4. The number of aliphatic hydroxyl groups excluding tert-OH is 2. The molecular formula is C12H23NO2. The lowest BCUT2D eigenvalue weighted by Gasteiger charge is -2.37. The van der Waals surface area contributed by atoms with Crippen molar-refractivity contribution in [2.24, 2.45) is 16.7 Å². The second kappa shape index (κ2) is 3.44. The molecule has 0 aromatic rings. The minimum Gasteiger partial charge on any atom is -0.395 e. The van der Waals surface area contributed by atoms with Gasteiger partial charge >= 0.3 is 0 Å². The Labute approximate surface area is 91.9 Å². The topological polar surface area (TPSA) is 52.5 Å². The van der Waals surface area contributed by atoms with Crippen molar-refractivity contribution in [3.05, 3.63) is 0 Å². The molecule has 3 N–H and O–H groups in total. The van der Waals surface area contributed by atoms with Crippen LogP contribution in [0.1, 0.15) is 33.6 Å². The quantitative estimate of drug-likeness (QED) is 0.648. The van der Waals surface area contributed by atoms with E-state index in [1.54, 1.807) is 0 Å². The highest BCUT2D eigenvalue weighted by Gasteiger charge is 2.65. The molecule has 15 heavy (non-hydrogen) atoms. The molecule has 0 aromatic carbocycles. The number of aliphatic hydroxyl groups is 2. The van der Waals surface area contributed by atoms with Gasteiger partial charge in [-0.3, -0.25) is 0 Å². The first kappa shape index (κ1) is 11.4. The molecule has 0 radical (unpaired) electrons. The van der Waals surface area contributed by atoms with Gasteiger partial charge in [-0.05, 0) is 24.2 Å². The number of hydrogen-bond acceptors (Lipinski definition) is 3. The number of fused-ring (bicyclic) bond motifs is 2. The third kappa shape index (κ3) is 1.30. The van der Waals surface area contributed by atoms with Gasteiger partial charge in [-0.25, -0.2) is 0 Å². The van der Waals surface area contributed by atoms with Crippen LogP contribution in [-0.2, 0) is 0 Å². The molecule has 0 spiro atoms. The molecule has 3 heteroatoms. The first-order valence-electron chi connectivity index (χ1n) is 5.97. The first-order valence-corrected chi connectivity index (χ1v) is 5.97. The molecule has 0 aromatic heterocycles. The van der Waals surface area contributed by atoms with Crippen LogP contribution in [0.5, 0.6) is 0 Å². The first-order chi connectivity index (χ1) is 6.95. The highest BCUT2D eigenvalue weighted by Crippen LogP contribution is 2.65. The van der Waals surface area contributed by atoms with Crippen molar-refractivity contribution >= 4 is 0 Å². The van der Waals surface area contributed by atoms with Gasteiger partial charge in [0.25, 0.3) is 0 Å². The van der Waals surface area contributed by atoms with Crippen LogP contribution >= 0.6 is 0 Å². The Morgan fingerprint density at radius 2 is 2.00 bits per heavy atom. The van der Waals surface area contributed by atoms with E-state index < -0.39 is 0 Å². The fourth-order valence-electron chi connectivity index (χ4n) is 3.82. The Kier molecular flexibility index (Phi) is 2.61. The van der Waals surface area contributed by atoms with Crippen LogP contribution < -0.4 is 5.32 Å². The Morgan fingerprint density at radius 1 is 1.33 bits per heavy atom. The van der Waals surface area contributed by atoms with Gasteiger partial charge in [-0.1, -0.05) is 20.8 Å². The van der Waals surface area contributed by atoms with Crippen molar-refractivity contribution < 1.29 is 10.2 Å². The zero-order valence-electron chi connectivity index (χ0n) is 9.95. The van der Waals surface area contributed by atoms with E-state index >= 15 is 0 Å². The zero-order valence-corrected chi connectivity index (χ0v) is 9.95. The van der Waals surface area contributed by atoms with E-state index in [1.807, 2.05) is 0 Å². The van der Waals surface area contributed by atoms with Crippen LogP contribution in [0.3, 0.4) is 0 Å². The van der Waals surface area contributed by atoms with Crippen LogP contribution in [0.15, 0.2) is 0 Å². The molecule has 2 saturated carbocycles. The summed E-state index contributed by atoms with van der Waals surface area (Å²) in [5.74, 6) is 0.545. The largest absolute Gasteiger partial charge is 0.395 e. The van der Waals surface area contributed by atoms with E-state index in [1.165, 1.54) is 6.42 Å². The van der Waals surface area contributed by atoms with Crippen LogP contribution in [0.4, 0.5) is 0 Å². The smallest absolute Gasteiger partial charge is 0.0754 e. The summed E-state index contributed by atoms with van der Waals surface area (Å²) in [6.45, 7) is 7.48. The lowest BCUT2D eigenvalue weighted by Crippen LogP contribution is -2.47. The molecule has 88 valence electrons. The summed E-state index contributed by atoms with van der Waals surface area (Å²) in [5, 5.41) is 22.5. The molecular weight excluding hydrogens is 190 g/mol. The van der Waals surface area contributed by atoms with Gasteiger partial charge in [-0.2, -0.15) is 0 Å². The van der Waals surface area contributed by atoms with Gasteiger partial charge in [0.2, 0.25) is 0 Å². The highest BCUT2D eigenvalue weighted by atomic mass is 16.3. The Balaban J connectivity index is 2.18. The Bertz CT molecular complexity index is 254. The zero-order chi connectivity index (χ0) is 11.3. The minimum absolute atomic E-state index is 0.0464. The summed E-state index contributed by atoms with van der Waals surface area (Å²) in [4.78, 5) is 0. The van der Waals surface area contributed by atoms with E-state index in [2.05, 4.69) is 26.1 Å². The van der Waals surface area contributed by atoms with Crippen molar-refractivity contribution in [3.63, 3.8) is 0 Å². The second-order valence-corrected chi connectivity index (χ2v) is 5.93. The normalized spacial score (nSPS) is 47.4. The number of hydrogen-bond donors (Lipinski definition) is 3. The van der Waals surface area contributed by atoms with Crippen molar-refractivity contribution in [2.75, 3.05) is 13.2 Å². The van der Waals surface area contributed by atoms with Crippen molar-refractivity contribution in [1.82, 2.24) is 5.32 Å². The molecule has 2 bridgehead atoms. The monoisotopic (exact) mass is 213 g/mol. The molecule has 0 unspecified atom stereocenters. The third-order valence-corrected chi connectivity index (χ3v) is 5.29. The molecule has 0 amide bonds. The van der Waals surface area contributed by atoms with Gasteiger partial charge in [0.1, 0.15) is 0 Å². The van der Waals surface area contributed by atoms with Crippen LogP contribution in [0, 0.1) is 16.7 Å². The molecule has 4 atom stereocenters. The van der Waals surface area contributed by atoms with Crippen molar-refractivity contribution in [3.8, 4) is 0 Å². The summed E-state index contributed by atoms with van der Waals surface area (Å²) >= 11 is 0. The van der Waals surface area contributed by atoms with Gasteiger partial charge < -0.3 is 15.5 Å². The van der Waals surface area contributed by atoms with Crippen molar-refractivity contribution in [1.29, 1.82) is 0 Å². The van der Waals surface area contributed by atoms with E-state index in [-0.39, 0.29) is 29.6 Å². The van der Waals surface area contributed by atoms with Gasteiger partial charge in [0, 0.05) is 18.0 Å². The second-order valence-electron chi connectivity index (χ2n) is 5.93. The molecule has 0 saturated heterocycles. The summed E-state index contributed by atoms with van der Waals surface area (Å²) in [6, 6.07) is 0.172. The lowest BCUT2D eigenvalue weighted by molar-refractivity contribution is -0.000375.